The molecular weight excluding hydrogens is 350 g/mol. The van der Waals surface area contributed by atoms with Crippen molar-refractivity contribution in [2.24, 2.45) is 0 Å². The van der Waals surface area contributed by atoms with E-state index in [1.54, 1.807) is 24.4 Å². The zero-order valence-corrected chi connectivity index (χ0v) is 15.9. The van der Waals surface area contributed by atoms with Crippen molar-refractivity contribution in [2.75, 3.05) is 0 Å². The van der Waals surface area contributed by atoms with E-state index in [0.717, 1.165) is 27.9 Å². The molecular formula is C23H21N3O2. The summed E-state index contributed by atoms with van der Waals surface area (Å²) < 4.78 is 0. The largest absolute Gasteiger partial charge is 0.392 e. The summed E-state index contributed by atoms with van der Waals surface area (Å²) in [6, 6.07) is 16.8. The second-order valence-electron chi connectivity index (χ2n) is 6.73. The number of carbonyl (C=O) groups is 1. The van der Waals surface area contributed by atoms with Crippen LogP contribution in [0.4, 0.5) is 0 Å². The van der Waals surface area contributed by atoms with Gasteiger partial charge >= 0.3 is 0 Å². The minimum Gasteiger partial charge on any atom is -0.392 e. The van der Waals surface area contributed by atoms with Gasteiger partial charge in [-0.05, 0) is 72.0 Å². The van der Waals surface area contributed by atoms with Crippen molar-refractivity contribution in [3.05, 3.63) is 88.2 Å². The number of benzene rings is 2. The molecule has 5 heteroatoms. The second-order valence-corrected chi connectivity index (χ2v) is 6.73. The van der Waals surface area contributed by atoms with Gasteiger partial charge in [0.25, 0.3) is 5.91 Å². The number of aryl methyl sites for hydroxylation is 2. The van der Waals surface area contributed by atoms with E-state index in [1.807, 2.05) is 44.2 Å². The predicted molar refractivity (Wildman–Crippen MR) is 107 cm³/mol. The van der Waals surface area contributed by atoms with Crippen LogP contribution in [0, 0.1) is 25.2 Å². The zero-order valence-electron chi connectivity index (χ0n) is 15.9. The number of hydrogen-bond donors (Lipinski definition) is 2. The first kappa shape index (κ1) is 19.3. The van der Waals surface area contributed by atoms with Crippen LogP contribution < -0.4 is 5.32 Å². The van der Waals surface area contributed by atoms with Gasteiger partial charge in [0.2, 0.25) is 0 Å². The van der Waals surface area contributed by atoms with Crippen LogP contribution in [0.5, 0.6) is 0 Å². The minimum atomic E-state index is -0.247. The van der Waals surface area contributed by atoms with E-state index in [0.29, 0.717) is 23.2 Å². The smallest absolute Gasteiger partial charge is 0.251 e. The van der Waals surface area contributed by atoms with E-state index in [2.05, 4.69) is 16.4 Å². The van der Waals surface area contributed by atoms with Gasteiger partial charge < -0.3 is 10.4 Å². The molecule has 140 valence electrons. The SMILES string of the molecule is Cc1ccc(-c2cc(CO)cc(C(=O)NCc3ccc(C)nc3)c2)c(C#N)c1. The lowest BCUT2D eigenvalue weighted by Gasteiger charge is -2.11. The van der Waals surface area contributed by atoms with Crippen molar-refractivity contribution in [3.63, 3.8) is 0 Å². The van der Waals surface area contributed by atoms with E-state index in [1.165, 1.54) is 0 Å². The molecule has 1 heterocycles. The van der Waals surface area contributed by atoms with E-state index >= 15 is 0 Å². The third-order valence-corrected chi connectivity index (χ3v) is 4.47. The molecule has 5 nitrogen and oxygen atoms in total. The third-order valence-electron chi connectivity index (χ3n) is 4.47. The van der Waals surface area contributed by atoms with Gasteiger partial charge in [-0.1, -0.05) is 18.2 Å². The lowest BCUT2D eigenvalue weighted by molar-refractivity contribution is 0.0950. The highest BCUT2D eigenvalue weighted by Gasteiger charge is 2.12. The van der Waals surface area contributed by atoms with Gasteiger partial charge in [0.1, 0.15) is 0 Å². The van der Waals surface area contributed by atoms with Gasteiger partial charge in [0.05, 0.1) is 18.2 Å². The number of nitrogens with zero attached hydrogens (tertiary/aromatic N) is 2. The monoisotopic (exact) mass is 371 g/mol. The van der Waals surface area contributed by atoms with Crippen LogP contribution in [0.2, 0.25) is 0 Å². The fourth-order valence-electron chi connectivity index (χ4n) is 2.96. The molecule has 3 rings (SSSR count). The Balaban J connectivity index is 1.89. The van der Waals surface area contributed by atoms with Gasteiger partial charge in [-0.15, -0.1) is 0 Å². The van der Waals surface area contributed by atoms with Crippen LogP contribution in [0.1, 0.15) is 38.3 Å². The van der Waals surface area contributed by atoms with E-state index in [-0.39, 0.29) is 12.5 Å². The van der Waals surface area contributed by atoms with Gasteiger partial charge in [0, 0.05) is 24.0 Å². The number of nitrogens with one attached hydrogen (secondary N) is 1. The second kappa shape index (κ2) is 8.47. The Morgan fingerprint density at radius 1 is 1.11 bits per heavy atom. The molecule has 28 heavy (non-hydrogen) atoms. The van der Waals surface area contributed by atoms with Crippen molar-refractivity contribution >= 4 is 5.91 Å². The van der Waals surface area contributed by atoms with E-state index < -0.39 is 0 Å². The Labute approximate surface area is 164 Å². The number of pyridine rings is 1. The topological polar surface area (TPSA) is 86.0 Å². The Morgan fingerprint density at radius 2 is 1.93 bits per heavy atom. The number of aliphatic hydroxyl groups excluding tert-OH is 1. The lowest BCUT2D eigenvalue weighted by atomic mass is 9.95. The molecule has 3 aromatic rings. The Bertz CT molecular complexity index is 1050. The van der Waals surface area contributed by atoms with Crippen LogP contribution in [0.25, 0.3) is 11.1 Å². The first-order valence-corrected chi connectivity index (χ1v) is 8.96. The molecule has 0 saturated carbocycles. The maximum absolute atomic E-state index is 12.7. The van der Waals surface area contributed by atoms with Crippen LogP contribution in [0.15, 0.2) is 54.7 Å². The standard InChI is InChI=1S/C23H21N3O2/c1-15-3-6-22(21(7-15)11-24)19-8-18(14-27)9-20(10-19)23(28)26-13-17-5-4-16(2)25-12-17/h3-10,12,27H,13-14H2,1-2H3,(H,26,28). The quantitative estimate of drug-likeness (QED) is 0.717. The van der Waals surface area contributed by atoms with Crippen molar-refractivity contribution in [1.29, 1.82) is 5.26 Å². The van der Waals surface area contributed by atoms with Crippen LogP contribution >= 0.6 is 0 Å². The zero-order chi connectivity index (χ0) is 20.1. The number of aliphatic hydroxyl groups is 1. The first-order chi connectivity index (χ1) is 13.5. The fourth-order valence-corrected chi connectivity index (χ4v) is 2.96. The number of aromatic nitrogens is 1. The van der Waals surface area contributed by atoms with Gasteiger partial charge in [0.15, 0.2) is 0 Å². The number of rotatable bonds is 5. The molecule has 0 fully saturated rings. The highest BCUT2D eigenvalue weighted by atomic mass is 16.3. The molecule has 2 aromatic carbocycles. The highest BCUT2D eigenvalue weighted by Crippen LogP contribution is 2.27. The van der Waals surface area contributed by atoms with Crippen molar-refractivity contribution in [2.45, 2.75) is 27.0 Å². The van der Waals surface area contributed by atoms with Crippen molar-refractivity contribution < 1.29 is 9.90 Å². The van der Waals surface area contributed by atoms with Gasteiger partial charge in [-0.25, -0.2) is 0 Å². The van der Waals surface area contributed by atoms with Gasteiger partial charge in [-0.2, -0.15) is 5.26 Å². The molecule has 0 aliphatic carbocycles. The van der Waals surface area contributed by atoms with Crippen LogP contribution in [-0.4, -0.2) is 16.0 Å². The van der Waals surface area contributed by atoms with Crippen molar-refractivity contribution in [3.8, 4) is 17.2 Å². The third kappa shape index (κ3) is 4.43. The number of amides is 1. The summed E-state index contributed by atoms with van der Waals surface area (Å²) in [5.74, 6) is -0.247. The molecule has 0 spiro atoms. The van der Waals surface area contributed by atoms with Gasteiger partial charge in [-0.3, -0.25) is 9.78 Å². The summed E-state index contributed by atoms with van der Waals surface area (Å²) in [6.07, 6.45) is 1.73. The number of carbonyl (C=O) groups excluding carboxylic acids is 1. The van der Waals surface area contributed by atoms with Crippen molar-refractivity contribution in [1.82, 2.24) is 10.3 Å². The van der Waals surface area contributed by atoms with Crippen LogP contribution in [0.3, 0.4) is 0 Å². The predicted octanol–water partition coefficient (Wildman–Crippen LogP) is 3.66. The summed E-state index contributed by atoms with van der Waals surface area (Å²) in [4.78, 5) is 16.9. The highest BCUT2D eigenvalue weighted by molar-refractivity contribution is 5.96. The summed E-state index contributed by atoms with van der Waals surface area (Å²) >= 11 is 0. The molecule has 0 saturated heterocycles. The molecule has 0 unspecified atom stereocenters. The first-order valence-electron chi connectivity index (χ1n) is 8.96. The molecule has 2 N–H and O–H groups in total. The molecule has 0 atom stereocenters. The normalized spacial score (nSPS) is 10.4. The summed E-state index contributed by atoms with van der Waals surface area (Å²) in [7, 11) is 0. The average Bonchev–Trinajstić information content (AvgIpc) is 2.72. The molecule has 0 aliphatic rings. The summed E-state index contributed by atoms with van der Waals surface area (Å²) in [5, 5.41) is 21.9. The number of nitriles is 1. The maximum Gasteiger partial charge on any atom is 0.251 e. The Morgan fingerprint density at radius 3 is 2.61 bits per heavy atom. The Hall–Kier alpha value is -3.49. The lowest BCUT2D eigenvalue weighted by Crippen LogP contribution is -2.23. The molecule has 0 radical (unpaired) electrons. The maximum atomic E-state index is 12.7. The Kier molecular flexibility index (Phi) is 5.83. The van der Waals surface area contributed by atoms with Crippen LogP contribution in [-0.2, 0) is 13.2 Å². The minimum absolute atomic E-state index is 0.191. The summed E-state index contributed by atoms with van der Waals surface area (Å²) in [5.41, 5.74) is 5.86. The molecule has 0 bridgehead atoms. The number of hydrogen-bond acceptors (Lipinski definition) is 4. The average molecular weight is 371 g/mol. The molecule has 1 amide bonds. The van der Waals surface area contributed by atoms with E-state index in [9.17, 15) is 15.2 Å². The fraction of sp³-hybridized carbons (Fsp3) is 0.174. The molecule has 0 aliphatic heterocycles. The molecule has 1 aromatic heterocycles. The summed E-state index contributed by atoms with van der Waals surface area (Å²) in [6.45, 7) is 4.00. The van der Waals surface area contributed by atoms with E-state index in [4.69, 9.17) is 0 Å².